The van der Waals surface area contributed by atoms with Crippen molar-refractivity contribution in [3.63, 3.8) is 0 Å². The maximum absolute atomic E-state index is 12.8. The van der Waals surface area contributed by atoms with Gasteiger partial charge in [-0.1, -0.05) is 15.9 Å². The summed E-state index contributed by atoms with van der Waals surface area (Å²) in [5.74, 6) is 0. The number of hydrogen-bond acceptors (Lipinski definition) is 3. The van der Waals surface area contributed by atoms with E-state index in [1.54, 1.807) is 0 Å². The van der Waals surface area contributed by atoms with Crippen LogP contribution < -0.4 is 5.32 Å². The van der Waals surface area contributed by atoms with Crippen LogP contribution in [-0.4, -0.2) is 4.98 Å². The largest absolute Gasteiger partial charge is 0.418 e. The number of hydrogen-bond donors (Lipinski definition) is 1. The van der Waals surface area contributed by atoms with Gasteiger partial charge in [0.2, 0.25) is 0 Å². The van der Waals surface area contributed by atoms with Crippen LogP contribution in [0.15, 0.2) is 28.1 Å². The summed E-state index contributed by atoms with van der Waals surface area (Å²) in [6.07, 6.45) is -4.37. The maximum Gasteiger partial charge on any atom is 0.418 e. The Morgan fingerprint density at radius 1 is 1.37 bits per heavy atom. The molecule has 0 unspecified atom stereocenters. The van der Waals surface area contributed by atoms with E-state index in [-0.39, 0.29) is 12.2 Å². The van der Waals surface area contributed by atoms with Gasteiger partial charge in [-0.15, -0.1) is 11.3 Å². The zero-order valence-corrected chi connectivity index (χ0v) is 12.3. The molecule has 0 fully saturated rings. The molecule has 0 bridgehead atoms. The molecular formula is C12H10BrF3N2S. The van der Waals surface area contributed by atoms with Crippen LogP contribution in [-0.2, 0) is 12.7 Å². The van der Waals surface area contributed by atoms with Gasteiger partial charge < -0.3 is 5.32 Å². The number of alkyl halides is 3. The summed E-state index contributed by atoms with van der Waals surface area (Å²) in [7, 11) is 0. The molecule has 0 atom stereocenters. The lowest BCUT2D eigenvalue weighted by Crippen LogP contribution is -2.11. The number of anilines is 1. The molecule has 0 saturated carbocycles. The third kappa shape index (κ3) is 3.70. The van der Waals surface area contributed by atoms with Crippen LogP contribution in [0.25, 0.3) is 0 Å². The zero-order chi connectivity index (χ0) is 14.0. The molecule has 7 heteroatoms. The summed E-state index contributed by atoms with van der Waals surface area (Å²) in [6, 6.07) is 3.85. The van der Waals surface area contributed by atoms with E-state index in [2.05, 4.69) is 26.2 Å². The van der Waals surface area contributed by atoms with Crippen LogP contribution in [0.1, 0.15) is 16.3 Å². The van der Waals surface area contributed by atoms with Crippen molar-refractivity contribution in [3.8, 4) is 0 Å². The van der Waals surface area contributed by atoms with E-state index in [0.717, 1.165) is 16.8 Å². The summed E-state index contributed by atoms with van der Waals surface area (Å²) in [4.78, 5) is 4.20. The molecule has 102 valence electrons. The average molecular weight is 351 g/mol. The fourth-order valence-corrected chi connectivity index (χ4v) is 2.56. The van der Waals surface area contributed by atoms with Gasteiger partial charge in [-0.25, -0.2) is 4.98 Å². The Labute approximate surface area is 120 Å². The van der Waals surface area contributed by atoms with Crippen molar-refractivity contribution in [3.05, 3.63) is 44.3 Å². The third-order valence-corrected chi connectivity index (χ3v) is 3.73. The summed E-state index contributed by atoms with van der Waals surface area (Å²) in [5, 5.41) is 5.50. The molecule has 1 heterocycles. The lowest BCUT2D eigenvalue weighted by molar-refractivity contribution is -0.137. The van der Waals surface area contributed by atoms with Crippen LogP contribution in [0, 0.1) is 6.92 Å². The van der Waals surface area contributed by atoms with Gasteiger partial charge in [-0.2, -0.15) is 13.2 Å². The van der Waals surface area contributed by atoms with Gasteiger partial charge in [0.25, 0.3) is 0 Å². The van der Waals surface area contributed by atoms with Crippen LogP contribution >= 0.6 is 27.3 Å². The highest BCUT2D eigenvalue weighted by atomic mass is 79.9. The third-order valence-electron chi connectivity index (χ3n) is 2.41. The quantitative estimate of drug-likeness (QED) is 0.856. The van der Waals surface area contributed by atoms with E-state index in [4.69, 9.17) is 0 Å². The minimum atomic E-state index is -4.37. The SMILES string of the molecule is Cc1nc(CNc2cc(Br)ccc2C(F)(F)F)cs1. The molecule has 0 saturated heterocycles. The van der Waals surface area contributed by atoms with E-state index in [9.17, 15) is 13.2 Å². The highest BCUT2D eigenvalue weighted by molar-refractivity contribution is 9.10. The predicted molar refractivity (Wildman–Crippen MR) is 73.3 cm³/mol. The molecule has 1 aromatic carbocycles. The van der Waals surface area contributed by atoms with Gasteiger partial charge in [-0.3, -0.25) is 0 Å². The molecule has 0 aliphatic heterocycles. The molecular weight excluding hydrogens is 341 g/mol. The lowest BCUT2D eigenvalue weighted by Gasteiger charge is -2.14. The second-order valence-electron chi connectivity index (χ2n) is 3.90. The minimum Gasteiger partial charge on any atom is -0.379 e. The number of benzene rings is 1. The van der Waals surface area contributed by atoms with Crippen molar-refractivity contribution in [1.29, 1.82) is 0 Å². The fraction of sp³-hybridized carbons (Fsp3) is 0.250. The summed E-state index contributed by atoms with van der Waals surface area (Å²) < 4.78 is 39.1. The van der Waals surface area contributed by atoms with Gasteiger partial charge in [-0.05, 0) is 25.1 Å². The molecule has 2 nitrogen and oxygen atoms in total. The van der Waals surface area contributed by atoms with Crippen molar-refractivity contribution in [2.45, 2.75) is 19.6 Å². The second kappa shape index (κ2) is 5.50. The molecule has 0 radical (unpaired) electrons. The molecule has 0 aliphatic rings. The molecule has 0 aliphatic carbocycles. The highest BCUT2D eigenvalue weighted by Gasteiger charge is 2.33. The van der Waals surface area contributed by atoms with Gasteiger partial charge >= 0.3 is 6.18 Å². The Bertz CT molecular complexity index is 581. The standard InChI is InChI=1S/C12H10BrF3N2S/c1-7-18-9(6-19-7)5-17-11-4-8(13)2-3-10(11)12(14,15)16/h2-4,6,17H,5H2,1H3. The Balaban J connectivity index is 2.21. The molecule has 0 spiro atoms. The first-order valence-electron chi connectivity index (χ1n) is 5.38. The first kappa shape index (κ1) is 14.3. The van der Waals surface area contributed by atoms with Crippen LogP contribution in [0.4, 0.5) is 18.9 Å². The maximum atomic E-state index is 12.8. The van der Waals surface area contributed by atoms with Gasteiger partial charge in [0.05, 0.1) is 22.8 Å². The van der Waals surface area contributed by atoms with Gasteiger partial charge in [0.15, 0.2) is 0 Å². The van der Waals surface area contributed by atoms with Crippen molar-refractivity contribution >= 4 is 33.0 Å². The molecule has 1 aromatic heterocycles. The number of aromatic nitrogens is 1. The van der Waals surface area contributed by atoms with Crippen molar-refractivity contribution in [1.82, 2.24) is 4.98 Å². The molecule has 2 rings (SSSR count). The van der Waals surface area contributed by atoms with Crippen LogP contribution in [0.2, 0.25) is 0 Å². The Hall–Kier alpha value is -1.08. The van der Waals surface area contributed by atoms with Crippen LogP contribution in [0.5, 0.6) is 0 Å². The Kier molecular flexibility index (Phi) is 4.15. The van der Waals surface area contributed by atoms with Crippen molar-refractivity contribution in [2.24, 2.45) is 0 Å². The van der Waals surface area contributed by atoms with E-state index in [0.29, 0.717) is 4.47 Å². The number of nitrogens with one attached hydrogen (secondary N) is 1. The first-order valence-corrected chi connectivity index (χ1v) is 7.05. The normalized spacial score (nSPS) is 11.6. The number of thiazole rings is 1. The number of halogens is 4. The smallest absolute Gasteiger partial charge is 0.379 e. The minimum absolute atomic E-state index is 0.0486. The van der Waals surface area contributed by atoms with E-state index in [1.165, 1.54) is 23.5 Å². The summed E-state index contributed by atoms with van der Waals surface area (Å²) >= 11 is 4.64. The number of rotatable bonds is 3. The predicted octanol–water partition coefficient (Wildman–Crippen LogP) is 4.84. The molecule has 2 aromatic rings. The highest BCUT2D eigenvalue weighted by Crippen LogP contribution is 2.36. The summed E-state index contributed by atoms with van der Waals surface area (Å²) in [5.41, 5.74) is 0.103. The first-order chi connectivity index (χ1) is 8.86. The summed E-state index contributed by atoms with van der Waals surface area (Å²) in [6.45, 7) is 2.12. The van der Waals surface area contributed by atoms with Gasteiger partial charge in [0.1, 0.15) is 0 Å². The van der Waals surface area contributed by atoms with E-state index < -0.39 is 11.7 Å². The van der Waals surface area contributed by atoms with E-state index in [1.807, 2.05) is 12.3 Å². The fourth-order valence-electron chi connectivity index (χ4n) is 1.59. The average Bonchev–Trinajstić information content (AvgIpc) is 2.71. The van der Waals surface area contributed by atoms with Crippen LogP contribution in [0.3, 0.4) is 0 Å². The molecule has 19 heavy (non-hydrogen) atoms. The lowest BCUT2D eigenvalue weighted by atomic mass is 10.1. The number of aryl methyl sites for hydroxylation is 1. The monoisotopic (exact) mass is 350 g/mol. The molecule has 0 amide bonds. The van der Waals surface area contributed by atoms with E-state index >= 15 is 0 Å². The Morgan fingerprint density at radius 3 is 2.68 bits per heavy atom. The number of nitrogens with zero attached hydrogens (tertiary/aromatic N) is 1. The van der Waals surface area contributed by atoms with Crippen molar-refractivity contribution in [2.75, 3.05) is 5.32 Å². The zero-order valence-electron chi connectivity index (χ0n) is 9.88. The second-order valence-corrected chi connectivity index (χ2v) is 5.88. The molecule has 1 N–H and O–H groups in total. The Morgan fingerprint density at radius 2 is 2.11 bits per heavy atom. The van der Waals surface area contributed by atoms with Crippen molar-refractivity contribution < 1.29 is 13.2 Å². The van der Waals surface area contributed by atoms with Gasteiger partial charge in [0, 0.05) is 15.5 Å². The topological polar surface area (TPSA) is 24.9 Å².